The lowest BCUT2D eigenvalue weighted by Gasteiger charge is -2.07. The molecule has 1 aromatic heterocycles. The van der Waals surface area contributed by atoms with E-state index in [4.69, 9.17) is 16.0 Å². The predicted molar refractivity (Wildman–Crippen MR) is 104 cm³/mol. The lowest BCUT2D eigenvalue weighted by Crippen LogP contribution is -2.24. The van der Waals surface area contributed by atoms with Gasteiger partial charge in [-0.3, -0.25) is 10.0 Å². The first kappa shape index (κ1) is 20.1. The van der Waals surface area contributed by atoms with E-state index >= 15 is 0 Å². The predicted octanol–water partition coefficient (Wildman–Crippen LogP) is 3.46. The van der Waals surface area contributed by atoms with Crippen LogP contribution in [0.15, 0.2) is 57.8 Å². The van der Waals surface area contributed by atoms with Gasteiger partial charge in [0.15, 0.2) is 15.6 Å². The van der Waals surface area contributed by atoms with Crippen LogP contribution in [0.4, 0.5) is 0 Å². The number of oxazole rings is 1. The smallest absolute Gasteiger partial charge is 0.254 e. The number of carbonyl (C=O) groups is 1. The van der Waals surface area contributed by atoms with Gasteiger partial charge in [-0.05, 0) is 24.3 Å². The molecule has 0 atom stereocenters. The van der Waals surface area contributed by atoms with Crippen LogP contribution in [0.5, 0.6) is 0 Å². The highest BCUT2D eigenvalue weighted by Gasteiger charge is 2.24. The van der Waals surface area contributed by atoms with Gasteiger partial charge in [0.05, 0.1) is 4.90 Å². The van der Waals surface area contributed by atoms with E-state index in [1.807, 2.05) is 0 Å². The number of nitrogens with zero attached hydrogens (tertiary/aromatic N) is 2. The summed E-state index contributed by atoms with van der Waals surface area (Å²) in [6.07, 6.45) is 0.823. The molecule has 146 valence electrons. The van der Waals surface area contributed by atoms with Crippen molar-refractivity contribution in [2.75, 3.05) is 13.3 Å². The Morgan fingerprint density at radius 3 is 2.43 bits per heavy atom. The molecular weight excluding hydrogens is 404 g/mol. The monoisotopic (exact) mass is 420 g/mol. The second-order valence-corrected chi connectivity index (χ2v) is 8.58. The molecule has 28 heavy (non-hydrogen) atoms. The van der Waals surface area contributed by atoms with Gasteiger partial charge in [-0.2, -0.15) is 0 Å². The van der Waals surface area contributed by atoms with Gasteiger partial charge >= 0.3 is 0 Å². The van der Waals surface area contributed by atoms with Crippen molar-refractivity contribution in [1.29, 1.82) is 0 Å². The van der Waals surface area contributed by atoms with E-state index in [0.717, 1.165) is 6.26 Å². The Morgan fingerprint density at radius 1 is 1.18 bits per heavy atom. The normalized spacial score (nSPS) is 11.4. The third kappa shape index (κ3) is 4.24. The molecule has 1 N–H and O–H groups in total. The molecule has 3 aromatic rings. The third-order valence-corrected chi connectivity index (χ3v) is 5.39. The van der Waals surface area contributed by atoms with Crippen molar-refractivity contribution in [2.45, 2.75) is 11.3 Å². The standard InChI is InChI=1S/C19H17ClN2O5S/c1-22(24)17(23)11-16-21-18(12-7-9-13(20)10-8-12)19(27-16)14-5-3-4-6-15(14)28(2,25)26/h3-10,24H,11H2,1-2H3. The number of rotatable bonds is 5. The van der Waals surface area contributed by atoms with E-state index in [9.17, 15) is 18.4 Å². The average Bonchev–Trinajstić information content (AvgIpc) is 3.05. The van der Waals surface area contributed by atoms with Gasteiger partial charge in [0.25, 0.3) is 5.91 Å². The highest BCUT2D eigenvalue weighted by Crippen LogP contribution is 2.36. The molecule has 1 amide bonds. The average molecular weight is 421 g/mol. The zero-order chi connectivity index (χ0) is 20.5. The third-order valence-electron chi connectivity index (χ3n) is 3.98. The Kier molecular flexibility index (Phi) is 5.55. The summed E-state index contributed by atoms with van der Waals surface area (Å²) in [5.74, 6) is -0.354. The lowest BCUT2D eigenvalue weighted by molar-refractivity contribution is -0.158. The van der Waals surface area contributed by atoms with Gasteiger partial charge in [0.2, 0.25) is 5.89 Å². The van der Waals surface area contributed by atoms with Gasteiger partial charge in [0.1, 0.15) is 12.1 Å². The van der Waals surface area contributed by atoms with Crippen molar-refractivity contribution in [3.8, 4) is 22.6 Å². The first-order valence-electron chi connectivity index (χ1n) is 8.17. The summed E-state index contributed by atoms with van der Waals surface area (Å²) in [6, 6.07) is 13.2. The molecular formula is C19H17ClN2O5S. The summed E-state index contributed by atoms with van der Waals surface area (Å²) in [5.41, 5.74) is 1.34. The van der Waals surface area contributed by atoms with Crippen LogP contribution in [0.2, 0.25) is 5.02 Å². The minimum absolute atomic E-state index is 0.0501. The van der Waals surface area contributed by atoms with Gasteiger partial charge in [0, 0.05) is 29.5 Å². The maximum atomic E-state index is 12.2. The number of carbonyl (C=O) groups excluding carboxylic acids is 1. The van der Waals surface area contributed by atoms with Crippen LogP contribution in [0.1, 0.15) is 5.89 Å². The zero-order valence-corrected chi connectivity index (χ0v) is 16.7. The fourth-order valence-electron chi connectivity index (χ4n) is 2.65. The lowest BCUT2D eigenvalue weighted by atomic mass is 10.1. The number of aromatic nitrogens is 1. The Bertz CT molecular complexity index is 1120. The van der Waals surface area contributed by atoms with Gasteiger partial charge < -0.3 is 4.42 Å². The van der Waals surface area contributed by atoms with Gasteiger partial charge in [-0.15, -0.1) is 0 Å². The molecule has 0 aliphatic rings. The summed E-state index contributed by atoms with van der Waals surface area (Å²) < 4.78 is 30.2. The minimum atomic E-state index is -3.54. The maximum absolute atomic E-state index is 12.2. The number of amides is 1. The van der Waals surface area contributed by atoms with E-state index in [1.165, 1.54) is 13.1 Å². The van der Waals surface area contributed by atoms with Crippen molar-refractivity contribution in [2.24, 2.45) is 0 Å². The van der Waals surface area contributed by atoms with Gasteiger partial charge in [-0.1, -0.05) is 35.9 Å². The molecule has 0 radical (unpaired) electrons. The second kappa shape index (κ2) is 7.75. The van der Waals surface area contributed by atoms with Crippen LogP contribution in [-0.2, 0) is 21.1 Å². The molecule has 0 aliphatic carbocycles. The molecule has 0 spiro atoms. The first-order valence-corrected chi connectivity index (χ1v) is 10.4. The van der Waals surface area contributed by atoms with Crippen molar-refractivity contribution in [1.82, 2.24) is 10.0 Å². The fraction of sp³-hybridized carbons (Fsp3) is 0.158. The van der Waals surface area contributed by atoms with Crippen LogP contribution in [0.25, 0.3) is 22.6 Å². The summed E-state index contributed by atoms with van der Waals surface area (Å²) in [7, 11) is -2.34. The highest BCUT2D eigenvalue weighted by atomic mass is 35.5. The molecule has 0 aliphatic heterocycles. The molecule has 0 saturated heterocycles. The number of hydroxylamine groups is 2. The molecule has 2 aromatic carbocycles. The summed E-state index contributed by atoms with van der Waals surface area (Å²) >= 11 is 5.95. The number of halogens is 1. The van der Waals surface area contributed by atoms with Crippen molar-refractivity contribution >= 4 is 27.3 Å². The van der Waals surface area contributed by atoms with Crippen LogP contribution >= 0.6 is 11.6 Å². The first-order chi connectivity index (χ1) is 13.2. The molecule has 9 heteroatoms. The largest absolute Gasteiger partial charge is 0.439 e. The highest BCUT2D eigenvalue weighted by molar-refractivity contribution is 7.90. The molecule has 3 rings (SSSR count). The maximum Gasteiger partial charge on any atom is 0.254 e. The SMILES string of the molecule is CN(O)C(=O)Cc1nc(-c2ccc(Cl)cc2)c(-c2ccccc2S(C)(=O)=O)o1. The number of likely N-dealkylation sites (N-methyl/N-ethyl adjacent to an activating group) is 1. The molecule has 0 fully saturated rings. The topological polar surface area (TPSA) is 101 Å². The van der Waals surface area contributed by atoms with Crippen molar-refractivity contribution in [3.63, 3.8) is 0 Å². The summed E-state index contributed by atoms with van der Waals surface area (Å²) in [6.45, 7) is 0. The van der Waals surface area contributed by atoms with E-state index in [-0.39, 0.29) is 23.0 Å². The van der Waals surface area contributed by atoms with Crippen LogP contribution in [0.3, 0.4) is 0 Å². The second-order valence-electron chi connectivity index (χ2n) is 6.15. The van der Waals surface area contributed by atoms with Gasteiger partial charge in [-0.25, -0.2) is 18.5 Å². The van der Waals surface area contributed by atoms with Crippen LogP contribution in [0, 0.1) is 0 Å². The Labute approximate surface area is 167 Å². The summed E-state index contributed by atoms with van der Waals surface area (Å²) in [5, 5.41) is 10.3. The number of sulfone groups is 1. The molecule has 0 unspecified atom stereocenters. The zero-order valence-electron chi connectivity index (χ0n) is 15.1. The van der Waals surface area contributed by atoms with Crippen molar-refractivity contribution < 1.29 is 22.8 Å². The molecule has 1 heterocycles. The quantitative estimate of drug-likeness (QED) is 0.501. The minimum Gasteiger partial charge on any atom is -0.439 e. The molecule has 0 bridgehead atoms. The fourth-order valence-corrected chi connectivity index (χ4v) is 3.66. The van der Waals surface area contributed by atoms with E-state index in [2.05, 4.69) is 4.98 Å². The number of hydrogen-bond acceptors (Lipinski definition) is 6. The number of hydrogen-bond donors (Lipinski definition) is 1. The van der Waals surface area contributed by atoms with E-state index in [0.29, 0.717) is 26.9 Å². The number of benzene rings is 2. The van der Waals surface area contributed by atoms with Crippen molar-refractivity contribution in [3.05, 3.63) is 59.4 Å². The van der Waals surface area contributed by atoms with Crippen LogP contribution < -0.4 is 0 Å². The van der Waals surface area contributed by atoms with E-state index < -0.39 is 15.7 Å². The summed E-state index contributed by atoms with van der Waals surface area (Å²) in [4.78, 5) is 16.3. The Morgan fingerprint density at radius 2 is 1.82 bits per heavy atom. The Hall–Kier alpha value is -2.68. The molecule has 0 saturated carbocycles. The molecule has 7 nitrogen and oxygen atoms in total. The van der Waals surface area contributed by atoms with Crippen LogP contribution in [-0.4, -0.2) is 42.9 Å². The van der Waals surface area contributed by atoms with E-state index in [1.54, 1.807) is 42.5 Å². The Balaban J connectivity index is 2.21.